The van der Waals surface area contributed by atoms with E-state index in [-0.39, 0.29) is 0 Å². The minimum absolute atomic E-state index is 0.376. The summed E-state index contributed by atoms with van der Waals surface area (Å²) in [5, 5.41) is 0. The molecule has 4 rings (SSSR count). The second kappa shape index (κ2) is 5.81. The van der Waals surface area contributed by atoms with Crippen molar-refractivity contribution >= 4 is 11.6 Å². The van der Waals surface area contributed by atoms with Crippen LogP contribution >= 0.6 is 0 Å². The molecule has 0 radical (unpaired) electrons. The molecule has 23 heavy (non-hydrogen) atoms. The molecule has 1 amide bonds. The van der Waals surface area contributed by atoms with Gasteiger partial charge in [-0.05, 0) is 62.5 Å². The van der Waals surface area contributed by atoms with Crippen molar-refractivity contribution in [3.8, 4) is 0 Å². The van der Waals surface area contributed by atoms with Gasteiger partial charge in [-0.3, -0.25) is 9.78 Å². The highest BCUT2D eigenvalue weighted by Crippen LogP contribution is 2.42. The van der Waals surface area contributed by atoms with E-state index in [1.165, 1.54) is 31.4 Å². The molecular formula is C19H27N3O. The van der Waals surface area contributed by atoms with Gasteiger partial charge in [-0.1, -0.05) is 0 Å². The van der Waals surface area contributed by atoms with E-state index in [1.807, 2.05) is 6.20 Å². The molecule has 0 unspecified atom stereocenters. The average molecular weight is 313 g/mol. The molecule has 1 aromatic heterocycles. The Hall–Kier alpha value is -1.58. The van der Waals surface area contributed by atoms with Gasteiger partial charge in [0, 0.05) is 50.2 Å². The molecule has 1 saturated carbocycles. The highest BCUT2D eigenvalue weighted by molar-refractivity contribution is 5.77. The second-order valence-electron chi connectivity index (χ2n) is 7.86. The van der Waals surface area contributed by atoms with E-state index in [0.29, 0.717) is 11.3 Å². The van der Waals surface area contributed by atoms with Gasteiger partial charge in [0.2, 0.25) is 5.91 Å². The summed E-state index contributed by atoms with van der Waals surface area (Å²) in [6, 6.07) is 4.30. The molecule has 4 heteroatoms. The number of amides is 1. The Bertz CT molecular complexity index is 588. The van der Waals surface area contributed by atoms with Crippen molar-refractivity contribution in [1.82, 2.24) is 9.88 Å². The first-order valence-electron chi connectivity index (χ1n) is 9.09. The van der Waals surface area contributed by atoms with Gasteiger partial charge in [0.15, 0.2) is 0 Å². The summed E-state index contributed by atoms with van der Waals surface area (Å²) in [6.45, 7) is 6.29. The summed E-state index contributed by atoms with van der Waals surface area (Å²) in [6.07, 6.45) is 8.84. The number of nitrogens with zero attached hydrogens (tertiary/aromatic N) is 3. The van der Waals surface area contributed by atoms with E-state index < -0.39 is 0 Å². The molecule has 3 aliphatic rings. The van der Waals surface area contributed by atoms with Crippen molar-refractivity contribution in [3.05, 3.63) is 24.0 Å². The number of likely N-dealkylation sites (tertiary alicyclic amines) is 1. The lowest BCUT2D eigenvalue weighted by atomic mass is 9.72. The lowest BCUT2D eigenvalue weighted by molar-refractivity contribution is -0.138. The van der Waals surface area contributed by atoms with Crippen molar-refractivity contribution in [2.75, 3.05) is 31.1 Å². The largest absolute Gasteiger partial charge is 0.371 e. The van der Waals surface area contributed by atoms with E-state index >= 15 is 0 Å². The van der Waals surface area contributed by atoms with E-state index in [9.17, 15) is 4.79 Å². The van der Waals surface area contributed by atoms with Gasteiger partial charge in [-0.15, -0.1) is 0 Å². The normalized spacial score (nSPS) is 24.3. The van der Waals surface area contributed by atoms with Gasteiger partial charge in [0.05, 0.1) is 0 Å². The van der Waals surface area contributed by atoms with Gasteiger partial charge < -0.3 is 9.80 Å². The van der Waals surface area contributed by atoms with Gasteiger partial charge in [-0.2, -0.15) is 0 Å². The maximum absolute atomic E-state index is 12.2. The van der Waals surface area contributed by atoms with Crippen LogP contribution in [0.5, 0.6) is 0 Å². The van der Waals surface area contributed by atoms with Crippen LogP contribution in [-0.2, 0) is 4.79 Å². The third kappa shape index (κ3) is 3.22. The van der Waals surface area contributed by atoms with Crippen molar-refractivity contribution in [2.24, 2.45) is 11.3 Å². The monoisotopic (exact) mass is 313 g/mol. The lowest BCUT2D eigenvalue weighted by Gasteiger charge is -2.48. The quantitative estimate of drug-likeness (QED) is 0.861. The maximum atomic E-state index is 12.2. The van der Waals surface area contributed by atoms with Crippen LogP contribution in [0, 0.1) is 18.3 Å². The Morgan fingerprint density at radius 1 is 1.26 bits per heavy atom. The smallest absolute Gasteiger partial charge is 0.222 e. The van der Waals surface area contributed by atoms with E-state index in [4.69, 9.17) is 0 Å². The van der Waals surface area contributed by atoms with Crippen LogP contribution < -0.4 is 4.90 Å². The summed E-state index contributed by atoms with van der Waals surface area (Å²) in [5.74, 6) is 1.20. The van der Waals surface area contributed by atoms with Crippen LogP contribution in [0.25, 0.3) is 0 Å². The Labute approximate surface area is 138 Å². The molecule has 1 aliphatic carbocycles. The average Bonchev–Trinajstić information content (AvgIpc) is 3.36. The second-order valence-corrected chi connectivity index (χ2v) is 7.86. The van der Waals surface area contributed by atoms with Crippen LogP contribution in [-0.4, -0.2) is 42.0 Å². The minimum atomic E-state index is 0.376. The molecule has 0 bridgehead atoms. The van der Waals surface area contributed by atoms with Crippen molar-refractivity contribution in [3.63, 3.8) is 0 Å². The molecule has 3 fully saturated rings. The van der Waals surface area contributed by atoms with E-state index in [1.54, 1.807) is 0 Å². The van der Waals surface area contributed by atoms with Gasteiger partial charge in [0.1, 0.15) is 0 Å². The van der Waals surface area contributed by atoms with Crippen LogP contribution in [0.3, 0.4) is 0 Å². The Balaban J connectivity index is 1.40. The molecule has 3 heterocycles. The molecule has 0 aromatic carbocycles. The molecule has 2 aliphatic heterocycles. The standard InChI is InChI=1S/C19H27N3O/c1-15-12-17(5-9-20-15)21-10-7-19(8-11-21)6-4-18(23)22(14-19)13-16-2-3-16/h5,9,12,16H,2-4,6-8,10-11,13-14H2,1H3. The maximum Gasteiger partial charge on any atom is 0.222 e. The van der Waals surface area contributed by atoms with Crippen molar-refractivity contribution in [2.45, 2.75) is 45.4 Å². The predicted octanol–water partition coefficient (Wildman–Crippen LogP) is 3.01. The Kier molecular flexibility index (Phi) is 3.78. The summed E-state index contributed by atoms with van der Waals surface area (Å²) < 4.78 is 0. The number of aryl methyl sites for hydroxylation is 1. The SMILES string of the molecule is Cc1cc(N2CCC3(CCC(=O)N(CC4CC4)C3)CC2)ccn1. The molecule has 1 aromatic rings. The first-order chi connectivity index (χ1) is 11.1. The fraction of sp³-hybridized carbons (Fsp3) is 0.684. The number of rotatable bonds is 3. The Morgan fingerprint density at radius 2 is 2.04 bits per heavy atom. The highest BCUT2D eigenvalue weighted by Gasteiger charge is 2.42. The lowest BCUT2D eigenvalue weighted by Crippen LogP contribution is -2.52. The number of hydrogen-bond donors (Lipinski definition) is 0. The molecule has 0 atom stereocenters. The number of anilines is 1. The number of aromatic nitrogens is 1. The predicted molar refractivity (Wildman–Crippen MR) is 91.4 cm³/mol. The number of piperidine rings is 2. The van der Waals surface area contributed by atoms with Gasteiger partial charge in [-0.25, -0.2) is 0 Å². The third-order valence-corrected chi connectivity index (χ3v) is 5.99. The summed E-state index contributed by atoms with van der Waals surface area (Å²) >= 11 is 0. The number of pyridine rings is 1. The molecule has 124 valence electrons. The number of hydrogen-bond acceptors (Lipinski definition) is 3. The van der Waals surface area contributed by atoms with Gasteiger partial charge in [0.25, 0.3) is 0 Å². The molecule has 1 spiro atoms. The zero-order chi connectivity index (χ0) is 15.9. The summed E-state index contributed by atoms with van der Waals surface area (Å²) in [7, 11) is 0. The summed E-state index contributed by atoms with van der Waals surface area (Å²) in [4.78, 5) is 21.2. The fourth-order valence-corrected chi connectivity index (χ4v) is 4.26. The topological polar surface area (TPSA) is 36.4 Å². The van der Waals surface area contributed by atoms with E-state index in [2.05, 4.69) is 33.8 Å². The van der Waals surface area contributed by atoms with Crippen LogP contribution in [0.4, 0.5) is 5.69 Å². The van der Waals surface area contributed by atoms with Crippen LogP contribution in [0.1, 0.15) is 44.2 Å². The first-order valence-corrected chi connectivity index (χ1v) is 9.09. The van der Waals surface area contributed by atoms with Crippen molar-refractivity contribution in [1.29, 1.82) is 0 Å². The molecule has 4 nitrogen and oxygen atoms in total. The zero-order valence-corrected chi connectivity index (χ0v) is 14.1. The van der Waals surface area contributed by atoms with Crippen LogP contribution in [0.15, 0.2) is 18.3 Å². The number of carbonyl (C=O) groups is 1. The van der Waals surface area contributed by atoms with Crippen molar-refractivity contribution < 1.29 is 4.79 Å². The van der Waals surface area contributed by atoms with Gasteiger partial charge >= 0.3 is 0 Å². The zero-order valence-electron chi connectivity index (χ0n) is 14.1. The highest BCUT2D eigenvalue weighted by atomic mass is 16.2. The van der Waals surface area contributed by atoms with E-state index in [0.717, 1.165) is 50.6 Å². The fourth-order valence-electron chi connectivity index (χ4n) is 4.26. The number of carbonyl (C=O) groups excluding carboxylic acids is 1. The third-order valence-electron chi connectivity index (χ3n) is 5.99. The molecule has 0 N–H and O–H groups in total. The van der Waals surface area contributed by atoms with Crippen LogP contribution in [0.2, 0.25) is 0 Å². The Morgan fingerprint density at radius 3 is 2.74 bits per heavy atom. The first kappa shape index (κ1) is 15.0. The minimum Gasteiger partial charge on any atom is -0.371 e. The molecular weight excluding hydrogens is 286 g/mol. The molecule has 2 saturated heterocycles. The summed E-state index contributed by atoms with van der Waals surface area (Å²) in [5.41, 5.74) is 2.76.